The van der Waals surface area contributed by atoms with E-state index in [0.29, 0.717) is 43.7 Å². The molecular formula is C22H29N3O7. The Balaban J connectivity index is 0.00000114. The molecule has 1 aromatic rings. The number of benzene rings is 1. The minimum absolute atomic E-state index is 0.0954. The van der Waals surface area contributed by atoms with E-state index in [1.807, 2.05) is 29.2 Å². The highest BCUT2D eigenvalue weighted by atomic mass is 16.6. The van der Waals surface area contributed by atoms with Crippen molar-refractivity contribution in [2.75, 3.05) is 32.8 Å². The molecule has 0 aromatic heterocycles. The first-order chi connectivity index (χ1) is 15.3. The van der Waals surface area contributed by atoms with Gasteiger partial charge in [-0.05, 0) is 36.8 Å². The summed E-state index contributed by atoms with van der Waals surface area (Å²) in [5, 5.41) is 9.36. The molecule has 1 aromatic carbocycles. The molecule has 10 nitrogen and oxygen atoms in total. The van der Waals surface area contributed by atoms with Crippen molar-refractivity contribution >= 4 is 24.2 Å². The Kier molecular flexibility index (Phi) is 9.52. The topological polar surface area (TPSA) is 148 Å². The number of ether oxygens (including phenoxy) is 2. The smallest absolute Gasteiger partial charge is 0.292 e. The van der Waals surface area contributed by atoms with Gasteiger partial charge >= 0.3 is 0 Å². The zero-order valence-electron chi connectivity index (χ0n) is 18.0. The third-order valence-electron chi connectivity index (χ3n) is 5.11. The first-order valence-corrected chi connectivity index (χ1v) is 10.3. The van der Waals surface area contributed by atoms with Gasteiger partial charge in [-0.1, -0.05) is 24.3 Å². The molecule has 32 heavy (non-hydrogen) atoms. The van der Waals surface area contributed by atoms with E-state index < -0.39 is 5.91 Å². The van der Waals surface area contributed by atoms with Gasteiger partial charge in [0.15, 0.2) is 0 Å². The Morgan fingerprint density at radius 2 is 1.81 bits per heavy atom. The van der Waals surface area contributed by atoms with Gasteiger partial charge in [0, 0.05) is 13.1 Å². The van der Waals surface area contributed by atoms with Gasteiger partial charge in [-0.25, -0.2) is 0 Å². The number of nitrogens with two attached hydrogens (primary N) is 1. The van der Waals surface area contributed by atoms with E-state index in [1.165, 1.54) is 5.56 Å². The number of allylic oxidation sites excluding steroid dienone is 1. The molecule has 4 N–H and O–H groups in total. The lowest BCUT2D eigenvalue weighted by atomic mass is 9.97. The number of hydrogen-bond acceptors (Lipinski definition) is 6. The second kappa shape index (κ2) is 12.3. The summed E-state index contributed by atoms with van der Waals surface area (Å²) >= 11 is 0. The fourth-order valence-electron chi connectivity index (χ4n) is 3.61. The quantitative estimate of drug-likeness (QED) is 0.506. The zero-order valence-corrected chi connectivity index (χ0v) is 18.0. The molecule has 1 saturated heterocycles. The van der Waals surface area contributed by atoms with E-state index in [0.717, 1.165) is 18.4 Å². The summed E-state index contributed by atoms with van der Waals surface area (Å²) < 4.78 is 10.9. The highest BCUT2D eigenvalue weighted by Gasteiger charge is 2.31. The summed E-state index contributed by atoms with van der Waals surface area (Å²) in [4.78, 5) is 45.3. The van der Waals surface area contributed by atoms with Crippen LogP contribution in [-0.4, -0.2) is 67.0 Å². The standard InChI is InChI=1S/C21H27N3O5.CH2O2/c1-14-20(29-9-8-28-14)21(27)24-7-6-17(13-24)10-15-2-4-16(5-3-15)11-19(26)23-12-18(22)25;2-1-3/h2-5,17H,6-13H2,1H3,(H2,22,25)(H,23,26);1H,(H,2,3). The molecule has 0 aliphatic carbocycles. The average Bonchev–Trinajstić information content (AvgIpc) is 3.23. The van der Waals surface area contributed by atoms with Crippen LogP contribution in [0, 0.1) is 5.92 Å². The third-order valence-corrected chi connectivity index (χ3v) is 5.11. The Hall–Kier alpha value is -3.56. The van der Waals surface area contributed by atoms with Crippen LogP contribution in [0.1, 0.15) is 24.5 Å². The number of rotatable bonds is 7. The summed E-state index contributed by atoms with van der Waals surface area (Å²) in [6, 6.07) is 7.84. The van der Waals surface area contributed by atoms with E-state index in [2.05, 4.69) is 5.32 Å². The third kappa shape index (κ3) is 7.60. The van der Waals surface area contributed by atoms with E-state index in [1.54, 1.807) is 6.92 Å². The van der Waals surface area contributed by atoms with Crippen LogP contribution >= 0.6 is 0 Å². The van der Waals surface area contributed by atoms with Gasteiger partial charge < -0.3 is 30.5 Å². The predicted octanol–water partition coefficient (Wildman–Crippen LogP) is 0.201. The average molecular weight is 447 g/mol. The zero-order chi connectivity index (χ0) is 23.5. The predicted molar refractivity (Wildman–Crippen MR) is 114 cm³/mol. The van der Waals surface area contributed by atoms with Crippen molar-refractivity contribution in [1.82, 2.24) is 10.2 Å². The molecule has 1 unspecified atom stereocenters. The van der Waals surface area contributed by atoms with Gasteiger partial charge in [0.25, 0.3) is 12.4 Å². The summed E-state index contributed by atoms with van der Waals surface area (Å²) in [6.07, 6.45) is 2.01. The van der Waals surface area contributed by atoms with Crippen molar-refractivity contribution in [2.45, 2.75) is 26.2 Å². The number of hydrogen-bond donors (Lipinski definition) is 3. The Morgan fingerprint density at radius 1 is 1.19 bits per heavy atom. The van der Waals surface area contributed by atoms with Crippen molar-refractivity contribution < 1.29 is 33.8 Å². The van der Waals surface area contributed by atoms with Crippen molar-refractivity contribution in [3.8, 4) is 0 Å². The van der Waals surface area contributed by atoms with Crippen molar-refractivity contribution in [3.63, 3.8) is 0 Å². The number of amides is 3. The number of carbonyl (C=O) groups is 4. The summed E-state index contributed by atoms with van der Waals surface area (Å²) in [7, 11) is 0. The molecule has 0 saturated carbocycles. The van der Waals surface area contributed by atoms with Crippen LogP contribution in [0.2, 0.25) is 0 Å². The molecule has 3 amide bonds. The van der Waals surface area contributed by atoms with E-state index in [-0.39, 0.29) is 31.3 Å². The molecule has 0 radical (unpaired) electrons. The highest BCUT2D eigenvalue weighted by molar-refractivity contribution is 5.92. The lowest BCUT2D eigenvalue weighted by Crippen LogP contribution is -2.34. The summed E-state index contributed by atoms with van der Waals surface area (Å²) in [5.41, 5.74) is 7.05. The number of carboxylic acid groups (broad SMARTS) is 1. The molecule has 2 aliphatic heterocycles. The molecule has 10 heteroatoms. The Labute approximate surface area is 186 Å². The van der Waals surface area contributed by atoms with Crippen molar-refractivity contribution in [2.24, 2.45) is 11.7 Å². The number of carbonyl (C=O) groups excluding carboxylic acids is 3. The van der Waals surface area contributed by atoms with Crippen LogP contribution in [-0.2, 0) is 41.5 Å². The molecule has 0 spiro atoms. The molecular weight excluding hydrogens is 418 g/mol. The van der Waals surface area contributed by atoms with Crippen LogP contribution in [0.15, 0.2) is 35.8 Å². The molecule has 1 atom stereocenters. The first kappa shape index (κ1) is 24.7. The first-order valence-electron chi connectivity index (χ1n) is 10.3. The van der Waals surface area contributed by atoms with Gasteiger partial charge in [0.2, 0.25) is 17.6 Å². The van der Waals surface area contributed by atoms with E-state index in [9.17, 15) is 14.4 Å². The molecule has 0 bridgehead atoms. The van der Waals surface area contributed by atoms with Crippen LogP contribution in [0.5, 0.6) is 0 Å². The van der Waals surface area contributed by atoms with Gasteiger partial charge in [0.1, 0.15) is 19.0 Å². The molecule has 2 heterocycles. The van der Waals surface area contributed by atoms with E-state index >= 15 is 0 Å². The second-order valence-electron chi connectivity index (χ2n) is 7.53. The Morgan fingerprint density at radius 3 is 2.44 bits per heavy atom. The minimum Gasteiger partial charge on any atom is -0.491 e. The maximum Gasteiger partial charge on any atom is 0.292 e. The summed E-state index contributed by atoms with van der Waals surface area (Å²) in [5.74, 6) is 0.374. The van der Waals surface area contributed by atoms with Crippen molar-refractivity contribution in [3.05, 3.63) is 46.9 Å². The fraction of sp³-hybridized carbons (Fsp3) is 0.455. The van der Waals surface area contributed by atoms with Gasteiger partial charge in [-0.2, -0.15) is 0 Å². The second-order valence-corrected chi connectivity index (χ2v) is 7.53. The Bertz CT molecular complexity index is 852. The van der Waals surface area contributed by atoms with Crippen LogP contribution < -0.4 is 11.1 Å². The number of likely N-dealkylation sites (tertiary alicyclic amines) is 1. The highest BCUT2D eigenvalue weighted by Crippen LogP contribution is 2.24. The minimum atomic E-state index is -0.563. The fourth-order valence-corrected chi connectivity index (χ4v) is 3.61. The molecule has 174 valence electrons. The molecule has 1 fully saturated rings. The lowest BCUT2D eigenvalue weighted by Gasteiger charge is -2.23. The lowest BCUT2D eigenvalue weighted by molar-refractivity contribution is -0.132. The number of nitrogens with zero attached hydrogens (tertiary/aromatic N) is 1. The largest absolute Gasteiger partial charge is 0.491 e. The normalized spacial score (nSPS) is 17.4. The SMILES string of the molecule is CC1=C(C(=O)N2CCC(Cc3ccc(CC(=O)NCC(N)=O)cc3)C2)OCCO1.O=CO. The van der Waals surface area contributed by atoms with Crippen LogP contribution in [0.3, 0.4) is 0 Å². The monoisotopic (exact) mass is 447 g/mol. The van der Waals surface area contributed by atoms with Crippen LogP contribution in [0.25, 0.3) is 0 Å². The number of nitrogens with one attached hydrogen (secondary N) is 1. The molecule has 3 rings (SSSR count). The van der Waals surface area contributed by atoms with Gasteiger partial charge in [-0.3, -0.25) is 19.2 Å². The maximum absolute atomic E-state index is 12.6. The van der Waals surface area contributed by atoms with E-state index in [4.69, 9.17) is 25.1 Å². The summed E-state index contributed by atoms with van der Waals surface area (Å²) in [6.45, 7) is 3.64. The van der Waals surface area contributed by atoms with Crippen molar-refractivity contribution in [1.29, 1.82) is 0 Å². The van der Waals surface area contributed by atoms with Gasteiger partial charge in [0.05, 0.1) is 13.0 Å². The van der Waals surface area contributed by atoms with Crippen LogP contribution in [0.4, 0.5) is 0 Å². The van der Waals surface area contributed by atoms with Gasteiger partial charge in [-0.15, -0.1) is 0 Å². The molecule has 2 aliphatic rings. The number of primary amides is 1. The maximum atomic E-state index is 12.6.